The fraction of sp³-hybridized carbons (Fsp3) is 0.474. The predicted octanol–water partition coefficient (Wildman–Crippen LogP) is 1.66. The molecule has 1 atom stereocenters. The summed E-state index contributed by atoms with van der Waals surface area (Å²) < 4.78 is 7.35. The third-order valence-corrected chi connectivity index (χ3v) is 5.37. The second kappa shape index (κ2) is 6.77. The van der Waals surface area contributed by atoms with E-state index >= 15 is 0 Å². The zero-order valence-electron chi connectivity index (χ0n) is 15.5. The lowest BCUT2D eigenvalue weighted by atomic mass is 10.1. The Morgan fingerprint density at radius 2 is 1.89 bits per heavy atom. The van der Waals surface area contributed by atoms with Crippen molar-refractivity contribution >= 4 is 17.2 Å². The Kier molecular flexibility index (Phi) is 4.12. The van der Waals surface area contributed by atoms with E-state index in [0.29, 0.717) is 5.92 Å². The van der Waals surface area contributed by atoms with Gasteiger partial charge in [0.15, 0.2) is 17.3 Å². The summed E-state index contributed by atoms with van der Waals surface area (Å²) in [5, 5.41) is 13.3. The molecule has 0 aromatic carbocycles. The molecule has 0 amide bonds. The minimum Gasteiger partial charge on any atom is -0.378 e. The summed E-state index contributed by atoms with van der Waals surface area (Å²) in [7, 11) is 0. The van der Waals surface area contributed by atoms with E-state index in [4.69, 9.17) is 14.8 Å². The molecule has 0 unspecified atom stereocenters. The first-order chi connectivity index (χ1) is 13.3. The molecule has 5 heterocycles. The van der Waals surface area contributed by atoms with E-state index in [1.165, 1.54) is 5.69 Å². The van der Waals surface area contributed by atoms with Gasteiger partial charge in [-0.25, -0.2) is 9.50 Å². The van der Waals surface area contributed by atoms with Crippen LogP contribution in [0.15, 0.2) is 30.5 Å². The quantitative estimate of drug-likeness (QED) is 0.699. The van der Waals surface area contributed by atoms with Gasteiger partial charge in [-0.2, -0.15) is 10.2 Å². The lowest BCUT2D eigenvalue weighted by molar-refractivity contribution is 0.122. The smallest absolute Gasteiger partial charge is 0.156 e. The number of anilines is 2. The zero-order chi connectivity index (χ0) is 18.2. The standard InChI is InChI=1S/C19H23N7O/c1-14-2-4-18(22-21-14)25-7-6-15(12-25)19-20-17-5-3-16(13-26(17)23-19)24-8-10-27-11-9-24/h2-5,13,15H,6-12H2,1H3/t15-/m0/s1. The lowest BCUT2D eigenvalue weighted by Crippen LogP contribution is -2.36. The van der Waals surface area contributed by atoms with Gasteiger partial charge in [0.1, 0.15) is 0 Å². The van der Waals surface area contributed by atoms with Gasteiger partial charge in [0.2, 0.25) is 0 Å². The monoisotopic (exact) mass is 365 g/mol. The van der Waals surface area contributed by atoms with Crippen molar-refractivity contribution in [2.75, 3.05) is 49.2 Å². The SMILES string of the molecule is Cc1ccc(N2CC[C@H](c3nc4ccc(N5CCOCC5)cn4n3)C2)nn1. The number of pyridine rings is 1. The van der Waals surface area contributed by atoms with E-state index in [-0.39, 0.29) is 0 Å². The van der Waals surface area contributed by atoms with Crippen molar-refractivity contribution in [3.63, 3.8) is 0 Å². The van der Waals surface area contributed by atoms with Crippen LogP contribution in [0.3, 0.4) is 0 Å². The van der Waals surface area contributed by atoms with Crippen molar-refractivity contribution in [1.29, 1.82) is 0 Å². The zero-order valence-corrected chi connectivity index (χ0v) is 15.5. The maximum absolute atomic E-state index is 5.44. The molecule has 27 heavy (non-hydrogen) atoms. The topological polar surface area (TPSA) is 71.7 Å². The first-order valence-electron chi connectivity index (χ1n) is 9.50. The van der Waals surface area contributed by atoms with Gasteiger partial charge in [-0.15, -0.1) is 5.10 Å². The van der Waals surface area contributed by atoms with Crippen molar-refractivity contribution < 1.29 is 4.74 Å². The van der Waals surface area contributed by atoms with Gasteiger partial charge in [-0.05, 0) is 37.6 Å². The van der Waals surface area contributed by atoms with Crippen LogP contribution in [-0.4, -0.2) is 64.2 Å². The number of hydrogen-bond donors (Lipinski definition) is 0. The Labute approximate surface area is 157 Å². The second-order valence-electron chi connectivity index (χ2n) is 7.22. The first kappa shape index (κ1) is 16.4. The minimum absolute atomic E-state index is 0.319. The van der Waals surface area contributed by atoms with Crippen LogP contribution in [0.1, 0.15) is 23.9 Å². The van der Waals surface area contributed by atoms with Gasteiger partial charge >= 0.3 is 0 Å². The summed E-state index contributed by atoms with van der Waals surface area (Å²) in [5.74, 6) is 2.16. The van der Waals surface area contributed by atoms with Gasteiger partial charge in [0, 0.05) is 32.1 Å². The van der Waals surface area contributed by atoms with Crippen molar-refractivity contribution in [2.45, 2.75) is 19.3 Å². The van der Waals surface area contributed by atoms with Gasteiger partial charge in [-0.1, -0.05) is 0 Å². The largest absolute Gasteiger partial charge is 0.378 e. The Bertz CT molecular complexity index is 933. The molecule has 2 aliphatic rings. The number of hydrogen-bond acceptors (Lipinski definition) is 7. The molecule has 0 radical (unpaired) electrons. The average Bonchev–Trinajstić information content (AvgIpc) is 3.36. The van der Waals surface area contributed by atoms with Crippen molar-refractivity contribution in [1.82, 2.24) is 24.8 Å². The molecule has 140 valence electrons. The predicted molar refractivity (Wildman–Crippen MR) is 102 cm³/mol. The van der Waals surface area contributed by atoms with E-state index < -0.39 is 0 Å². The Morgan fingerprint density at radius 1 is 1.00 bits per heavy atom. The first-order valence-corrected chi connectivity index (χ1v) is 9.50. The van der Waals surface area contributed by atoms with E-state index in [2.05, 4.69) is 38.3 Å². The molecule has 3 aromatic rings. The Morgan fingerprint density at radius 3 is 2.70 bits per heavy atom. The highest BCUT2D eigenvalue weighted by atomic mass is 16.5. The summed E-state index contributed by atoms with van der Waals surface area (Å²) in [6, 6.07) is 8.23. The highest BCUT2D eigenvalue weighted by Gasteiger charge is 2.28. The maximum atomic E-state index is 5.44. The molecule has 2 saturated heterocycles. The van der Waals surface area contributed by atoms with Crippen LogP contribution in [0.5, 0.6) is 0 Å². The third-order valence-electron chi connectivity index (χ3n) is 5.37. The molecule has 3 aromatic heterocycles. The van der Waals surface area contributed by atoms with Crippen LogP contribution >= 0.6 is 0 Å². The fourth-order valence-corrected chi connectivity index (χ4v) is 3.81. The molecule has 8 heteroatoms. The number of aryl methyl sites for hydroxylation is 1. The molecule has 0 bridgehead atoms. The summed E-state index contributed by atoms with van der Waals surface area (Å²) in [6.07, 6.45) is 3.11. The summed E-state index contributed by atoms with van der Waals surface area (Å²) in [4.78, 5) is 9.37. The van der Waals surface area contributed by atoms with E-state index in [1.54, 1.807) is 0 Å². The highest BCUT2D eigenvalue weighted by molar-refractivity contribution is 5.52. The van der Waals surface area contributed by atoms with Crippen LogP contribution < -0.4 is 9.80 Å². The van der Waals surface area contributed by atoms with Gasteiger partial charge in [-0.3, -0.25) is 0 Å². The molecular formula is C19H23N7O. The third kappa shape index (κ3) is 3.21. The van der Waals surface area contributed by atoms with E-state index in [0.717, 1.165) is 68.8 Å². The van der Waals surface area contributed by atoms with Crippen molar-refractivity contribution in [3.8, 4) is 0 Å². The molecule has 2 aliphatic heterocycles. The molecule has 0 spiro atoms. The Hall–Kier alpha value is -2.74. The van der Waals surface area contributed by atoms with Gasteiger partial charge < -0.3 is 14.5 Å². The molecular weight excluding hydrogens is 342 g/mol. The molecule has 5 rings (SSSR count). The van der Waals surface area contributed by atoms with Crippen LogP contribution in [0.25, 0.3) is 5.65 Å². The number of ether oxygens (including phenoxy) is 1. The number of fused-ring (bicyclic) bond motifs is 1. The van der Waals surface area contributed by atoms with E-state index in [9.17, 15) is 0 Å². The van der Waals surface area contributed by atoms with Crippen molar-refractivity contribution in [2.24, 2.45) is 0 Å². The number of nitrogens with zero attached hydrogens (tertiary/aromatic N) is 7. The molecule has 8 nitrogen and oxygen atoms in total. The summed E-state index contributed by atoms with van der Waals surface area (Å²) >= 11 is 0. The second-order valence-corrected chi connectivity index (χ2v) is 7.22. The average molecular weight is 365 g/mol. The highest BCUT2D eigenvalue weighted by Crippen LogP contribution is 2.28. The van der Waals surface area contributed by atoms with Crippen LogP contribution in [-0.2, 0) is 4.74 Å². The fourth-order valence-electron chi connectivity index (χ4n) is 3.81. The normalized spacial score (nSPS) is 20.6. The molecule has 0 N–H and O–H groups in total. The van der Waals surface area contributed by atoms with Crippen LogP contribution in [0.2, 0.25) is 0 Å². The number of morpholine rings is 1. The van der Waals surface area contributed by atoms with Crippen LogP contribution in [0, 0.1) is 6.92 Å². The number of rotatable bonds is 3. The minimum atomic E-state index is 0.319. The van der Waals surface area contributed by atoms with Crippen LogP contribution in [0.4, 0.5) is 11.5 Å². The summed E-state index contributed by atoms with van der Waals surface area (Å²) in [6.45, 7) is 7.18. The Balaban J connectivity index is 1.35. The van der Waals surface area contributed by atoms with Gasteiger partial charge in [0.25, 0.3) is 0 Å². The number of aromatic nitrogens is 5. The molecule has 2 fully saturated rings. The van der Waals surface area contributed by atoms with Crippen molar-refractivity contribution in [3.05, 3.63) is 42.0 Å². The lowest BCUT2D eigenvalue weighted by Gasteiger charge is -2.28. The molecule has 0 aliphatic carbocycles. The molecule has 0 saturated carbocycles. The maximum Gasteiger partial charge on any atom is 0.156 e. The van der Waals surface area contributed by atoms with Gasteiger partial charge in [0.05, 0.1) is 30.8 Å². The summed E-state index contributed by atoms with van der Waals surface area (Å²) in [5.41, 5.74) is 3.01. The van der Waals surface area contributed by atoms with E-state index in [1.807, 2.05) is 23.6 Å².